The second-order valence-corrected chi connectivity index (χ2v) is 5.97. The zero-order valence-electron chi connectivity index (χ0n) is 13.9. The minimum absolute atomic E-state index is 0.0112. The second-order valence-electron chi connectivity index (χ2n) is 4.86. The maximum absolute atomic E-state index is 12.2. The second kappa shape index (κ2) is 8.84. The number of rotatable bonds is 7. The molecular weight excluding hydrogens is 363 g/mol. The van der Waals surface area contributed by atoms with Crippen molar-refractivity contribution in [3.63, 3.8) is 0 Å². The van der Waals surface area contributed by atoms with Gasteiger partial charge in [-0.2, -0.15) is 13.2 Å². The van der Waals surface area contributed by atoms with Gasteiger partial charge in [0.1, 0.15) is 11.4 Å². The normalized spacial score (nSPS) is 11.1. The van der Waals surface area contributed by atoms with E-state index in [0.29, 0.717) is 0 Å². The van der Waals surface area contributed by atoms with Crippen LogP contribution in [0.25, 0.3) is 0 Å². The van der Waals surface area contributed by atoms with Crippen LogP contribution in [0.5, 0.6) is 0 Å². The molecule has 0 radical (unpaired) electrons. The molecule has 0 saturated heterocycles. The van der Waals surface area contributed by atoms with Crippen molar-refractivity contribution in [2.24, 2.45) is 0 Å². The summed E-state index contributed by atoms with van der Waals surface area (Å²) in [6.45, 7) is 3.40. The van der Waals surface area contributed by atoms with Crippen LogP contribution in [0.1, 0.15) is 44.3 Å². The highest BCUT2D eigenvalue weighted by molar-refractivity contribution is 7.14. The third-order valence-electron chi connectivity index (χ3n) is 2.97. The van der Waals surface area contributed by atoms with Crippen LogP contribution in [0.3, 0.4) is 0 Å². The average Bonchev–Trinajstić information content (AvgIpc) is 2.81. The average molecular weight is 381 g/mol. The van der Waals surface area contributed by atoms with Crippen molar-refractivity contribution in [1.29, 1.82) is 0 Å². The van der Waals surface area contributed by atoms with Gasteiger partial charge in [0.05, 0.1) is 25.2 Å². The first-order chi connectivity index (χ1) is 11.6. The lowest BCUT2D eigenvalue weighted by molar-refractivity contribution is -0.138. The number of esters is 2. The van der Waals surface area contributed by atoms with E-state index in [1.54, 1.807) is 19.2 Å². The van der Waals surface area contributed by atoms with E-state index in [9.17, 15) is 27.6 Å². The van der Waals surface area contributed by atoms with Crippen LogP contribution in [0.15, 0.2) is 0 Å². The van der Waals surface area contributed by atoms with Gasteiger partial charge in [-0.25, -0.2) is 9.59 Å². The van der Waals surface area contributed by atoms with Crippen molar-refractivity contribution >= 4 is 29.2 Å². The summed E-state index contributed by atoms with van der Waals surface area (Å²) in [5.74, 6) is -2.33. The summed E-state index contributed by atoms with van der Waals surface area (Å²) in [4.78, 5) is 36.0. The number of thiophene rings is 1. The molecule has 0 fully saturated rings. The van der Waals surface area contributed by atoms with E-state index in [-0.39, 0.29) is 34.1 Å². The fourth-order valence-electron chi connectivity index (χ4n) is 1.97. The summed E-state index contributed by atoms with van der Waals surface area (Å²) in [6, 6.07) is 0. The molecule has 1 aromatic rings. The lowest BCUT2D eigenvalue weighted by Gasteiger charge is -2.08. The maximum atomic E-state index is 12.2. The van der Waals surface area contributed by atoms with E-state index >= 15 is 0 Å². The Bertz CT molecular complexity index is 654. The summed E-state index contributed by atoms with van der Waals surface area (Å²) in [5.41, 5.74) is 0.289. The predicted octanol–water partition coefficient (Wildman–Crippen LogP) is 2.63. The van der Waals surface area contributed by atoms with Gasteiger partial charge in [-0.1, -0.05) is 0 Å². The molecule has 1 aromatic heterocycles. The zero-order chi connectivity index (χ0) is 19.2. The Labute approximate surface area is 146 Å². The first kappa shape index (κ1) is 20.9. The molecule has 0 bridgehead atoms. The molecule has 25 heavy (non-hydrogen) atoms. The minimum atomic E-state index is -4.54. The number of hydrogen-bond donors (Lipinski definition) is 1. The molecule has 1 rings (SSSR count). The molecule has 0 atom stereocenters. The third-order valence-corrected chi connectivity index (χ3v) is 4.24. The number of hydrogen-bond acceptors (Lipinski definition) is 6. The molecule has 0 unspecified atom stereocenters. The minimum Gasteiger partial charge on any atom is -0.462 e. The van der Waals surface area contributed by atoms with Gasteiger partial charge in [0.2, 0.25) is 5.91 Å². The quantitative estimate of drug-likeness (QED) is 0.735. The van der Waals surface area contributed by atoms with Crippen LogP contribution in [0.2, 0.25) is 0 Å². The lowest BCUT2D eigenvalue weighted by Crippen LogP contribution is -2.34. The summed E-state index contributed by atoms with van der Waals surface area (Å²) in [7, 11) is 0. The Morgan fingerprint density at radius 1 is 1.08 bits per heavy atom. The van der Waals surface area contributed by atoms with E-state index in [2.05, 4.69) is 0 Å². The highest BCUT2D eigenvalue weighted by atomic mass is 32.1. The Balaban J connectivity index is 3.10. The largest absolute Gasteiger partial charge is 0.462 e. The van der Waals surface area contributed by atoms with Crippen LogP contribution in [0, 0.1) is 6.92 Å². The molecule has 6 nitrogen and oxygen atoms in total. The van der Waals surface area contributed by atoms with Crippen LogP contribution in [-0.4, -0.2) is 43.8 Å². The zero-order valence-corrected chi connectivity index (χ0v) is 14.7. The lowest BCUT2D eigenvalue weighted by atomic mass is 10.1. The Morgan fingerprint density at radius 2 is 1.64 bits per heavy atom. The van der Waals surface area contributed by atoms with Crippen molar-refractivity contribution in [1.82, 2.24) is 5.32 Å². The summed E-state index contributed by atoms with van der Waals surface area (Å²) >= 11 is 0.833. The number of carbonyl (C=O) groups is 3. The van der Waals surface area contributed by atoms with E-state index in [1.165, 1.54) is 6.92 Å². The number of carbonyl (C=O) groups excluding carboxylic acids is 3. The molecule has 10 heteroatoms. The van der Waals surface area contributed by atoms with Gasteiger partial charge in [0.15, 0.2) is 0 Å². The van der Waals surface area contributed by atoms with E-state index in [4.69, 9.17) is 9.47 Å². The van der Waals surface area contributed by atoms with Gasteiger partial charge < -0.3 is 14.8 Å². The summed E-state index contributed by atoms with van der Waals surface area (Å²) in [6.07, 6.45) is -5.02. The summed E-state index contributed by atoms with van der Waals surface area (Å²) < 4.78 is 46.3. The number of nitrogens with one attached hydrogen (secondary N) is 1. The number of amides is 1. The monoisotopic (exact) mass is 381 g/mol. The van der Waals surface area contributed by atoms with Crippen LogP contribution in [0.4, 0.5) is 13.2 Å². The predicted molar refractivity (Wildman–Crippen MR) is 83.7 cm³/mol. The van der Waals surface area contributed by atoms with Crippen LogP contribution in [-0.2, 0) is 20.7 Å². The van der Waals surface area contributed by atoms with E-state index < -0.39 is 37.0 Å². The van der Waals surface area contributed by atoms with Gasteiger partial charge >= 0.3 is 18.1 Å². The topological polar surface area (TPSA) is 81.7 Å². The molecular formula is C15H18F3NO5S. The molecule has 0 aromatic carbocycles. The van der Waals surface area contributed by atoms with Crippen molar-refractivity contribution in [2.75, 3.05) is 19.8 Å². The fraction of sp³-hybridized carbons (Fsp3) is 0.533. The van der Waals surface area contributed by atoms with Crippen molar-refractivity contribution in [3.05, 3.63) is 20.9 Å². The molecule has 1 amide bonds. The highest BCUT2D eigenvalue weighted by Gasteiger charge is 2.30. The van der Waals surface area contributed by atoms with Gasteiger partial charge in [-0.15, -0.1) is 11.3 Å². The number of halogens is 3. The summed E-state index contributed by atoms with van der Waals surface area (Å²) in [5, 5.41) is 1.73. The maximum Gasteiger partial charge on any atom is 0.405 e. The first-order valence-electron chi connectivity index (χ1n) is 7.40. The molecule has 0 aliphatic heterocycles. The molecule has 1 heterocycles. The van der Waals surface area contributed by atoms with Crippen molar-refractivity contribution in [2.45, 2.75) is 33.4 Å². The first-order valence-corrected chi connectivity index (χ1v) is 8.22. The van der Waals surface area contributed by atoms with Gasteiger partial charge in [0.25, 0.3) is 0 Å². The number of ether oxygens (including phenoxy) is 2. The van der Waals surface area contributed by atoms with Gasteiger partial charge in [-0.05, 0) is 26.3 Å². The fourth-order valence-corrected chi connectivity index (χ4v) is 3.15. The third kappa shape index (κ3) is 6.04. The van der Waals surface area contributed by atoms with Crippen LogP contribution >= 0.6 is 11.3 Å². The highest BCUT2D eigenvalue weighted by Crippen LogP contribution is 2.30. The molecule has 0 aliphatic rings. The smallest absolute Gasteiger partial charge is 0.405 e. The molecule has 0 aliphatic carbocycles. The van der Waals surface area contributed by atoms with E-state index in [1.807, 2.05) is 0 Å². The van der Waals surface area contributed by atoms with Gasteiger partial charge in [0, 0.05) is 4.88 Å². The Kier molecular flexibility index (Phi) is 7.40. The molecule has 0 saturated carbocycles. The standard InChI is InChI=1S/C15H18F3NO5S/c1-4-23-13(21)11-8(3)12(14(22)24-5-2)25-9(11)6-10(20)19-7-15(16,17)18/h4-7H2,1-3H3,(H,19,20). The Hall–Kier alpha value is -2.10. The van der Waals surface area contributed by atoms with Gasteiger partial charge in [-0.3, -0.25) is 4.79 Å². The number of alkyl halides is 3. The van der Waals surface area contributed by atoms with Crippen LogP contribution < -0.4 is 5.32 Å². The van der Waals surface area contributed by atoms with Crippen molar-refractivity contribution < 1.29 is 37.0 Å². The molecule has 140 valence electrons. The molecule has 1 N–H and O–H groups in total. The SMILES string of the molecule is CCOC(=O)c1sc(CC(=O)NCC(F)(F)F)c(C(=O)OCC)c1C. The van der Waals surface area contributed by atoms with Crippen molar-refractivity contribution in [3.8, 4) is 0 Å². The Morgan fingerprint density at radius 3 is 2.16 bits per heavy atom. The van der Waals surface area contributed by atoms with E-state index in [0.717, 1.165) is 11.3 Å². The molecule has 0 spiro atoms.